The maximum atomic E-state index is 12.5. The van der Waals surface area contributed by atoms with Crippen LogP contribution in [0.1, 0.15) is 47.2 Å². The van der Waals surface area contributed by atoms with E-state index >= 15 is 0 Å². The van der Waals surface area contributed by atoms with Crippen LogP contribution in [0.25, 0.3) is 17.8 Å². The molecule has 0 bridgehead atoms. The summed E-state index contributed by atoms with van der Waals surface area (Å²) in [6.45, 7) is 2.67. The molecule has 2 aromatic heterocycles. The molecule has 0 N–H and O–H groups in total. The lowest BCUT2D eigenvalue weighted by Gasteiger charge is -2.22. The van der Waals surface area contributed by atoms with Crippen molar-refractivity contribution in [3.63, 3.8) is 0 Å². The average molecular weight is 496 g/mol. The van der Waals surface area contributed by atoms with Crippen molar-refractivity contribution in [3.05, 3.63) is 83.5 Å². The van der Waals surface area contributed by atoms with Gasteiger partial charge in [0.05, 0.1) is 24.8 Å². The summed E-state index contributed by atoms with van der Waals surface area (Å²) in [6.07, 6.45) is 4.47. The highest BCUT2D eigenvalue weighted by Crippen LogP contribution is 2.34. The number of hydrogen-bond acceptors (Lipinski definition) is 5. The van der Waals surface area contributed by atoms with Gasteiger partial charge in [0.2, 0.25) is 0 Å². The van der Waals surface area contributed by atoms with Gasteiger partial charge in [0, 0.05) is 18.7 Å². The van der Waals surface area contributed by atoms with Gasteiger partial charge in [-0.25, -0.2) is 14.6 Å². The number of aromatic nitrogens is 5. The molecule has 36 heavy (non-hydrogen) atoms. The number of aryl methyl sites for hydroxylation is 2. The number of benzene rings is 2. The summed E-state index contributed by atoms with van der Waals surface area (Å²) in [4.78, 5) is 8.99. The van der Waals surface area contributed by atoms with Crippen LogP contribution in [-0.4, -0.2) is 37.8 Å². The van der Waals surface area contributed by atoms with Crippen molar-refractivity contribution in [1.29, 1.82) is 0 Å². The minimum atomic E-state index is -4.71. The molecule has 186 valence electrons. The van der Waals surface area contributed by atoms with Gasteiger partial charge in [0.25, 0.3) is 0 Å². The van der Waals surface area contributed by atoms with E-state index in [1.807, 2.05) is 52.7 Å². The molecule has 1 aliphatic rings. The first-order chi connectivity index (χ1) is 17.3. The topological polar surface area (TPSA) is 67.0 Å². The summed E-state index contributed by atoms with van der Waals surface area (Å²) in [7, 11) is 1.63. The molecule has 0 radical (unpaired) electrons. The first-order valence-corrected chi connectivity index (χ1v) is 11.5. The van der Waals surface area contributed by atoms with Gasteiger partial charge in [0.15, 0.2) is 5.82 Å². The molecule has 0 amide bonds. The Morgan fingerprint density at radius 3 is 2.58 bits per heavy atom. The Bertz CT molecular complexity index is 1390. The molecule has 0 fully saturated rings. The van der Waals surface area contributed by atoms with Crippen LogP contribution in [0.4, 0.5) is 13.2 Å². The van der Waals surface area contributed by atoms with Crippen molar-refractivity contribution in [2.45, 2.75) is 38.6 Å². The fourth-order valence-corrected chi connectivity index (χ4v) is 4.39. The smallest absolute Gasteiger partial charge is 0.495 e. The zero-order valence-corrected chi connectivity index (χ0v) is 19.7. The van der Waals surface area contributed by atoms with Crippen molar-refractivity contribution in [2.75, 3.05) is 7.11 Å². The van der Waals surface area contributed by atoms with E-state index in [0.717, 1.165) is 47.7 Å². The van der Waals surface area contributed by atoms with Crippen molar-refractivity contribution < 1.29 is 22.6 Å². The van der Waals surface area contributed by atoms with Crippen LogP contribution in [0.2, 0.25) is 0 Å². The fraction of sp³-hybridized carbons (Fsp3) is 0.269. The van der Waals surface area contributed by atoms with Crippen molar-refractivity contribution in [2.24, 2.45) is 0 Å². The lowest BCUT2D eigenvalue weighted by atomic mass is 9.91. The molecule has 0 saturated heterocycles. The predicted molar refractivity (Wildman–Crippen MR) is 128 cm³/mol. The number of ether oxygens (including phenoxy) is 2. The highest BCUT2D eigenvalue weighted by molar-refractivity contribution is 5.69. The Balaban J connectivity index is 1.35. The Morgan fingerprint density at radius 1 is 1.08 bits per heavy atom. The number of imidazole rings is 1. The first kappa shape index (κ1) is 23.7. The van der Waals surface area contributed by atoms with Crippen LogP contribution >= 0.6 is 0 Å². The average Bonchev–Trinajstić information content (AvgIpc) is 3.48. The molecule has 4 aromatic rings. The summed E-state index contributed by atoms with van der Waals surface area (Å²) < 4.78 is 50.8. The monoisotopic (exact) mass is 495 g/mol. The molecule has 1 unspecified atom stereocenters. The third kappa shape index (κ3) is 5.12. The molecule has 2 aromatic carbocycles. The van der Waals surface area contributed by atoms with Crippen molar-refractivity contribution in [3.8, 4) is 17.2 Å². The number of methoxy groups -OCH3 is 1. The molecular weight excluding hydrogens is 471 g/mol. The number of hydrogen-bond donors (Lipinski definition) is 0. The lowest BCUT2D eigenvalue weighted by Crippen LogP contribution is -2.18. The van der Waals surface area contributed by atoms with Gasteiger partial charge < -0.3 is 14.0 Å². The van der Waals surface area contributed by atoms with Gasteiger partial charge in [-0.15, -0.1) is 13.2 Å². The molecule has 0 saturated carbocycles. The maximum absolute atomic E-state index is 12.5. The standard InChI is InChI=1S/C26H24F3N5O2/c1-17-15-33(16-30-17)22-11-5-18(14-23(22)35-2)6-12-24-31-25-21(4-3-13-34(25)32-24)19-7-9-20(10-8-19)36-26(27,28)29/h5-12,14-16,21H,3-4,13H2,1-2H3/b12-6+. The Morgan fingerprint density at radius 2 is 1.89 bits per heavy atom. The summed E-state index contributed by atoms with van der Waals surface area (Å²) in [5, 5.41) is 4.62. The van der Waals surface area contributed by atoms with Crippen LogP contribution in [-0.2, 0) is 6.54 Å². The maximum Gasteiger partial charge on any atom is 0.573 e. The van der Waals surface area contributed by atoms with Gasteiger partial charge in [-0.3, -0.25) is 0 Å². The second kappa shape index (κ2) is 9.52. The van der Waals surface area contributed by atoms with Crippen LogP contribution in [0.15, 0.2) is 55.0 Å². The van der Waals surface area contributed by atoms with E-state index in [4.69, 9.17) is 9.72 Å². The third-order valence-corrected chi connectivity index (χ3v) is 6.03. The lowest BCUT2D eigenvalue weighted by molar-refractivity contribution is -0.274. The summed E-state index contributed by atoms with van der Waals surface area (Å²) in [5.41, 5.74) is 3.61. The van der Waals surface area contributed by atoms with Gasteiger partial charge in [-0.2, -0.15) is 5.10 Å². The molecule has 10 heteroatoms. The van der Waals surface area contributed by atoms with Gasteiger partial charge >= 0.3 is 6.36 Å². The molecule has 0 spiro atoms. The van der Waals surface area contributed by atoms with E-state index in [-0.39, 0.29) is 11.7 Å². The minimum absolute atomic E-state index is 0.0497. The van der Waals surface area contributed by atoms with Crippen molar-refractivity contribution in [1.82, 2.24) is 24.3 Å². The van der Waals surface area contributed by atoms with Gasteiger partial charge in [0.1, 0.15) is 17.3 Å². The second-order valence-corrected chi connectivity index (χ2v) is 8.55. The molecule has 3 heterocycles. The zero-order chi connectivity index (χ0) is 25.3. The highest BCUT2D eigenvalue weighted by Gasteiger charge is 2.31. The van der Waals surface area contributed by atoms with Gasteiger partial charge in [-0.05, 0) is 61.2 Å². The van der Waals surface area contributed by atoms with Crippen LogP contribution in [0, 0.1) is 6.92 Å². The first-order valence-electron chi connectivity index (χ1n) is 11.5. The van der Waals surface area contributed by atoms with Crippen molar-refractivity contribution >= 4 is 12.2 Å². The van der Waals surface area contributed by atoms with Crippen LogP contribution < -0.4 is 9.47 Å². The molecule has 1 atom stereocenters. The van der Waals surface area contributed by atoms with Crippen LogP contribution in [0.3, 0.4) is 0 Å². The number of halogens is 3. The van der Waals surface area contributed by atoms with E-state index in [2.05, 4.69) is 14.8 Å². The molecular formula is C26H24F3N5O2. The largest absolute Gasteiger partial charge is 0.573 e. The highest BCUT2D eigenvalue weighted by atomic mass is 19.4. The molecule has 1 aliphatic heterocycles. The van der Waals surface area contributed by atoms with Crippen LogP contribution in [0.5, 0.6) is 11.5 Å². The van der Waals surface area contributed by atoms with E-state index < -0.39 is 6.36 Å². The molecule has 7 nitrogen and oxygen atoms in total. The Labute approximate surface area is 205 Å². The SMILES string of the molecule is COc1cc(/C=C/c2nc3n(n2)CCCC3c2ccc(OC(F)(F)F)cc2)ccc1-n1cnc(C)c1. The number of nitrogens with zero attached hydrogens (tertiary/aromatic N) is 5. The quantitative estimate of drug-likeness (QED) is 0.340. The number of fused-ring (bicyclic) bond motifs is 1. The molecule has 0 aliphatic carbocycles. The summed E-state index contributed by atoms with van der Waals surface area (Å²) in [6, 6.07) is 11.9. The predicted octanol–water partition coefficient (Wildman–Crippen LogP) is 5.78. The van der Waals surface area contributed by atoms with E-state index in [1.165, 1.54) is 12.1 Å². The summed E-state index contributed by atoms with van der Waals surface area (Å²) in [5.74, 6) is 1.80. The zero-order valence-electron chi connectivity index (χ0n) is 19.7. The Hall–Kier alpha value is -4.08. The fourth-order valence-electron chi connectivity index (χ4n) is 4.39. The van der Waals surface area contributed by atoms with E-state index in [9.17, 15) is 13.2 Å². The second-order valence-electron chi connectivity index (χ2n) is 8.55. The number of alkyl halides is 3. The minimum Gasteiger partial charge on any atom is -0.495 e. The normalized spacial score (nSPS) is 15.8. The summed E-state index contributed by atoms with van der Waals surface area (Å²) >= 11 is 0. The molecule has 5 rings (SSSR count). The van der Waals surface area contributed by atoms with E-state index in [0.29, 0.717) is 11.6 Å². The number of rotatable bonds is 6. The Kier molecular flexibility index (Phi) is 6.26. The van der Waals surface area contributed by atoms with E-state index in [1.54, 1.807) is 25.6 Å². The van der Waals surface area contributed by atoms with Gasteiger partial charge in [-0.1, -0.05) is 24.3 Å². The third-order valence-electron chi connectivity index (χ3n) is 6.03.